The summed E-state index contributed by atoms with van der Waals surface area (Å²) in [7, 11) is 0. The second-order valence-electron chi connectivity index (χ2n) is 4.33. The number of H-pyrrole nitrogens is 1. The van der Waals surface area contributed by atoms with Gasteiger partial charge in [-0.05, 0) is 36.4 Å². The molecule has 0 atom stereocenters. The molecule has 1 aromatic heterocycles. The van der Waals surface area contributed by atoms with E-state index >= 15 is 0 Å². The molecule has 2 aromatic carbocycles. The zero-order chi connectivity index (χ0) is 14.3. The molecule has 0 radical (unpaired) electrons. The highest BCUT2D eigenvalue weighted by molar-refractivity contribution is 5.93. The van der Waals surface area contributed by atoms with Crippen LogP contribution in [0.5, 0.6) is 11.5 Å². The van der Waals surface area contributed by atoms with Crippen LogP contribution in [0, 0.1) is 0 Å². The molecule has 3 rings (SSSR count). The molecule has 0 aliphatic heterocycles. The lowest BCUT2D eigenvalue weighted by atomic mass is 10.2. The fraction of sp³-hybridized carbons (Fsp3) is 0. The van der Waals surface area contributed by atoms with E-state index in [0.717, 1.165) is 0 Å². The molecular weight excluding hydrogens is 260 g/mol. The van der Waals surface area contributed by atoms with Gasteiger partial charge in [0, 0.05) is 5.56 Å². The molecule has 0 saturated heterocycles. The van der Waals surface area contributed by atoms with Crippen LogP contribution in [0.2, 0.25) is 0 Å². The van der Waals surface area contributed by atoms with Crippen molar-refractivity contribution in [3.63, 3.8) is 0 Å². The van der Waals surface area contributed by atoms with Gasteiger partial charge in [0.15, 0.2) is 11.5 Å². The van der Waals surface area contributed by atoms with Gasteiger partial charge in [-0.15, -0.1) is 0 Å². The van der Waals surface area contributed by atoms with E-state index in [1.54, 1.807) is 12.1 Å². The number of aromatic amines is 1. The number of benzene rings is 2. The van der Waals surface area contributed by atoms with Crippen LogP contribution in [0.15, 0.2) is 36.4 Å². The van der Waals surface area contributed by atoms with Gasteiger partial charge in [0.1, 0.15) is 5.82 Å². The van der Waals surface area contributed by atoms with Crippen molar-refractivity contribution in [1.82, 2.24) is 9.97 Å². The van der Waals surface area contributed by atoms with Gasteiger partial charge in [0.05, 0.1) is 16.6 Å². The number of aromatic nitrogens is 2. The van der Waals surface area contributed by atoms with Crippen molar-refractivity contribution in [3.8, 4) is 22.9 Å². The largest absolute Gasteiger partial charge is 0.504 e. The van der Waals surface area contributed by atoms with Gasteiger partial charge >= 0.3 is 5.97 Å². The van der Waals surface area contributed by atoms with Crippen molar-refractivity contribution in [2.24, 2.45) is 0 Å². The minimum atomic E-state index is -1.02. The van der Waals surface area contributed by atoms with Crippen molar-refractivity contribution in [1.29, 1.82) is 0 Å². The van der Waals surface area contributed by atoms with E-state index in [4.69, 9.17) is 5.11 Å². The monoisotopic (exact) mass is 270 g/mol. The predicted molar refractivity (Wildman–Crippen MR) is 71.8 cm³/mol. The topological polar surface area (TPSA) is 106 Å². The molecule has 0 unspecified atom stereocenters. The van der Waals surface area contributed by atoms with E-state index < -0.39 is 5.97 Å². The third kappa shape index (κ3) is 1.93. The number of carboxylic acid groups (broad SMARTS) is 1. The molecule has 20 heavy (non-hydrogen) atoms. The Morgan fingerprint density at radius 1 is 1.05 bits per heavy atom. The van der Waals surface area contributed by atoms with Gasteiger partial charge in [-0.2, -0.15) is 0 Å². The smallest absolute Gasteiger partial charge is 0.335 e. The first kappa shape index (κ1) is 12.0. The summed E-state index contributed by atoms with van der Waals surface area (Å²) in [5.41, 5.74) is 1.96. The number of carboxylic acids is 1. The molecule has 3 aromatic rings. The van der Waals surface area contributed by atoms with Gasteiger partial charge in [-0.25, -0.2) is 9.78 Å². The van der Waals surface area contributed by atoms with Crippen LogP contribution in [0.25, 0.3) is 22.4 Å². The Kier molecular flexibility index (Phi) is 2.57. The number of nitrogens with zero attached hydrogens (tertiary/aromatic N) is 1. The zero-order valence-electron chi connectivity index (χ0n) is 10.2. The van der Waals surface area contributed by atoms with Crippen LogP contribution in [0.3, 0.4) is 0 Å². The fourth-order valence-corrected chi connectivity index (χ4v) is 1.95. The lowest BCUT2D eigenvalue weighted by molar-refractivity contribution is 0.0697. The predicted octanol–water partition coefficient (Wildman–Crippen LogP) is 2.34. The summed E-state index contributed by atoms with van der Waals surface area (Å²) < 4.78 is 0. The zero-order valence-corrected chi connectivity index (χ0v) is 10.2. The number of hydrogen-bond donors (Lipinski definition) is 4. The number of aromatic carboxylic acids is 1. The molecule has 4 N–H and O–H groups in total. The Morgan fingerprint density at radius 3 is 2.55 bits per heavy atom. The normalized spacial score (nSPS) is 10.8. The Hall–Kier alpha value is -3.02. The van der Waals surface area contributed by atoms with E-state index in [9.17, 15) is 15.0 Å². The lowest BCUT2D eigenvalue weighted by Gasteiger charge is -1.99. The molecule has 0 fully saturated rings. The Bertz CT molecular complexity index is 823. The average molecular weight is 270 g/mol. The van der Waals surface area contributed by atoms with Crippen molar-refractivity contribution in [2.75, 3.05) is 0 Å². The molecule has 0 bridgehead atoms. The summed E-state index contributed by atoms with van der Waals surface area (Å²) in [5, 5.41) is 27.7. The van der Waals surface area contributed by atoms with E-state index in [-0.39, 0.29) is 17.1 Å². The lowest BCUT2D eigenvalue weighted by Crippen LogP contribution is -1.94. The Balaban J connectivity index is 2.12. The number of aromatic hydroxyl groups is 2. The van der Waals surface area contributed by atoms with Crippen molar-refractivity contribution < 1.29 is 20.1 Å². The summed E-state index contributed by atoms with van der Waals surface area (Å²) in [4.78, 5) is 18.2. The first-order valence-electron chi connectivity index (χ1n) is 5.80. The molecule has 0 aliphatic rings. The Labute approximate surface area is 113 Å². The van der Waals surface area contributed by atoms with Crippen LogP contribution in [-0.4, -0.2) is 31.3 Å². The van der Waals surface area contributed by atoms with Crippen LogP contribution in [-0.2, 0) is 0 Å². The molecule has 1 heterocycles. The number of carbonyl (C=O) groups is 1. The summed E-state index contributed by atoms with van der Waals surface area (Å²) in [5.74, 6) is -0.983. The second kappa shape index (κ2) is 4.27. The number of phenolic OH excluding ortho intramolecular Hbond substituents is 2. The highest BCUT2D eigenvalue weighted by atomic mass is 16.4. The number of nitrogens with one attached hydrogen (secondary N) is 1. The van der Waals surface area contributed by atoms with Gasteiger partial charge in [-0.1, -0.05) is 0 Å². The number of fused-ring (bicyclic) bond motifs is 1. The quantitative estimate of drug-likeness (QED) is 0.535. The van der Waals surface area contributed by atoms with E-state index in [1.807, 2.05) is 0 Å². The molecule has 6 heteroatoms. The number of rotatable bonds is 2. The van der Waals surface area contributed by atoms with Gasteiger partial charge in [0.25, 0.3) is 0 Å². The molecule has 0 spiro atoms. The number of imidazole rings is 1. The van der Waals surface area contributed by atoms with Crippen molar-refractivity contribution in [3.05, 3.63) is 42.0 Å². The SMILES string of the molecule is O=C(O)c1ccc2[nH]c(-c3ccc(O)c(O)c3)nc2c1. The van der Waals surface area contributed by atoms with Crippen LogP contribution < -0.4 is 0 Å². The van der Waals surface area contributed by atoms with Crippen molar-refractivity contribution in [2.45, 2.75) is 0 Å². The third-order valence-corrected chi connectivity index (χ3v) is 2.98. The highest BCUT2D eigenvalue weighted by Gasteiger charge is 2.10. The third-order valence-electron chi connectivity index (χ3n) is 2.98. The van der Waals surface area contributed by atoms with Crippen molar-refractivity contribution >= 4 is 17.0 Å². The highest BCUT2D eigenvalue weighted by Crippen LogP contribution is 2.30. The fourth-order valence-electron chi connectivity index (χ4n) is 1.95. The maximum atomic E-state index is 10.9. The summed E-state index contributed by atoms with van der Waals surface area (Å²) in [6.07, 6.45) is 0. The molecular formula is C14H10N2O4. The van der Waals surface area contributed by atoms with E-state index in [2.05, 4.69) is 9.97 Å². The average Bonchev–Trinajstić information content (AvgIpc) is 2.84. The van der Waals surface area contributed by atoms with E-state index in [1.165, 1.54) is 24.3 Å². The number of hydrogen-bond acceptors (Lipinski definition) is 4. The number of phenols is 2. The van der Waals surface area contributed by atoms with Crippen LogP contribution in [0.4, 0.5) is 0 Å². The standard InChI is InChI=1S/C14H10N2O4/c17-11-4-2-7(6-12(11)18)13-15-9-3-1-8(14(19)20)5-10(9)16-13/h1-6,17-18H,(H,15,16)(H,19,20). The molecule has 0 saturated carbocycles. The second-order valence-corrected chi connectivity index (χ2v) is 4.33. The first-order valence-corrected chi connectivity index (χ1v) is 5.80. The van der Waals surface area contributed by atoms with Gasteiger partial charge in [-0.3, -0.25) is 0 Å². The molecule has 0 amide bonds. The van der Waals surface area contributed by atoms with E-state index in [0.29, 0.717) is 22.4 Å². The van der Waals surface area contributed by atoms with Crippen LogP contribution in [0.1, 0.15) is 10.4 Å². The van der Waals surface area contributed by atoms with Gasteiger partial charge < -0.3 is 20.3 Å². The van der Waals surface area contributed by atoms with Crippen LogP contribution >= 0.6 is 0 Å². The maximum Gasteiger partial charge on any atom is 0.335 e. The maximum absolute atomic E-state index is 10.9. The first-order chi connectivity index (χ1) is 9.54. The van der Waals surface area contributed by atoms with Gasteiger partial charge in [0.2, 0.25) is 0 Å². The molecule has 100 valence electrons. The molecule has 6 nitrogen and oxygen atoms in total. The minimum absolute atomic E-state index is 0.157. The molecule has 0 aliphatic carbocycles. The summed E-state index contributed by atoms with van der Waals surface area (Å²) in [6, 6.07) is 8.94. The summed E-state index contributed by atoms with van der Waals surface area (Å²) in [6.45, 7) is 0. The Morgan fingerprint density at radius 2 is 1.85 bits per heavy atom. The minimum Gasteiger partial charge on any atom is -0.504 e. The summed E-state index contributed by atoms with van der Waals surface area (Å²) >= 11 is 0.